The number of benzene rings is 1. The van der Waals surface area contributed by atoms with Crippen molar-refractivity contribution in [1.29, 1.82) is 0 Å². The molecule has 0 radical (unpaired) electrons. The lowest BCUT2D eigenvalue weighted by Crippen LogP contribution is -2.48. The number of hydrogen-bond donors (Lipinski definition) is 1. The van der Waals surface area contributed by atoms with Gasteiger partial charge in [-0.05, 0) is 49.7 Å². The molecule has 1 saturated heterocycles. The van der Waals surface area contributed by atoms with E-state index in [1.807, 2.05) is 19.1 Å². The van der Waals surface area contributed by atoms with Crippen LogP contribution in [0.1, 0.15) is 18.7 Å². The Labute approximate surface area is 223 Å². The molecule has 1 aliphatic heterocycles. The molecule has 0 amide bonds. The summed E-state index contributed by atoms with van der Waals surface area (Å²) >= 11 is 7.57. The quantitative estimate of drug-likeness (QED) is 0.373. The van der Waals surface area contributed by atoms with Gasteiger partial charge in [-0.25, -0.2) is 13.2 Å². The number of halogens is 1. The minimum Gasteiger partial charge on any atom is -0.349 e. The third-order valence-corrected chi connectivity index (χ3v) is 9.91. The van der Waals surface area contributed by atoms with E-state index in [1.54, 1.807) is 53.2 Å². The van der Waals surface area contributed by atoms with Gasteiger partial charge in [0.2, 0.25) is 10.0 Å². The van der Waals surface area contributed by atoms with Crippen LogP contribution < -0.4 is 11.2 Å². The standard InChI is InChI=1S/C25H28ClN5O4S2/c1-3-30-21-15-20(27-23(21)24(32)31(4-2)25(30)33)17-5-8-19(9-6-17)37(34,35)29-13-11-28(12-14-29)16-18-7-10-22(26)36-18/h5-10,15,27H,3-4,11-14,16H2,1-2H3. The fourth-order valence-electron chi connectivity index (χ4n) is 4.77. The van der Waals surface area contributed by atoms with Crippen molar-refractivity contribution in [2.24, 2.45) is 0 Å². The molecule has 1 aliphatic rings. The molecule has 3 aromatic heterocycles. The Morgan fingerprint density at radius 2 is 1.62 bits per heavy atom. The Hall–Kier alpha value is -2.70. The number of H-pyrrole nitrogens is 1. The van der Waals surface area contributed by atoms with E-state index in [-0.39, 0.29) is 22.7 Å². The molecule has 0 atom stereocenters. The Morgan fingerprint density at radius 3 is 2.22 bits per heavy atom. The van der Waals surface area contributed by atoms with Crippen molar-refractivity contribution in [3.05, 3.63) is 72.5 Å². The maximum absolute atomic E-state index is 13.3. The van der Waals surface area contributed by atoms with Crippen LogP contribution in [-0.4, -0.2) is 57.9 Å². The molecule has 12 heteroatoms. The van der Waals surface area contributed by atoms with Gasteiger partial charge in [0.25, 0.3) is 5.56 Å². The van der Waals surface area contributed by atoms with Crippen molar-refractivity contribution in [2.45, 2.75) is 38.4 Å². The molecule has 1 N–H and O–H groups in total. The molecule has 0 spiro atoms. The summed E-state index contributed by atoms with van der Waals surface area (Å²) in [4.78, 5) is 32.2. The number of hydrogen-bond acceptors (Lipinski definition) is 6. The maximum atomic E-state index is 13.3. The lowest BCUT2D eigenvalue weighted by molar-refractivity contribution is 0.183. The van der Waals surface area contributed by atoms with Gasteiger partial charge < -0.3 is 4.98 Å². The van der Waals surface area contributed by atoms with Crippen molar-refractivity contribution in [3.63, 3.8) is 0 Å². The molecule has 9 nitrogen and oxygen atoms in total. The van der Waals surface area contributed by atoms with Crippen LogP contribution in [0, 0.1) is 0 Å². The van der Waals surface area contributed by atoms with Crippen LogP contribution >= 0.6 is 22.9 Å². The monoisotopic (exact) mass is 561 g/mol. The van der Waals surface area contributed by atoms with E-state index in [2.05, 4.69) is 9.88 Å². The highest BCUT2D eigenvalue weighted by atomic mass is 35.5. The molecule has 196 valence electrons. The SMILES string of the molecule is CCn1c(=O)c2[nH]c(-c3ccc(S(=O)(=O)N4CCN(Cc5ccc(Cl)s5)CC4)cc3)cc2n(CC)c1=O. The molecule has 5 rings (SSSR count). The van der Waals surface area contributed by atoms with Gasteiger partial charge in [0, 0.05) is 56.4 Å². The van der Waals surface area contributed by atoms with Crippen molar-refractivity contribution in [2.75, 3.05) is 26.2 Å². The molecule has 0 unspecified atom stereocenters. The predicted octanol–water partition coefficient (Wildman–Crippen LogP) is 3.42. The maximum Gasteiger partial charge on any atom is 0.331 e. The van der Waals surface area contributed by atoms with Gasteiger partial charge in [-0.3, -0.25) is 18.8 Å². The average Bonchev–Trinajstić information content (AvgIpc) is 3.52. The zero-order chi connectivity index (χ0) is 26.3. The molecule has 4 heterocycles. The first-order valence-electron chi connectivity index (χ1n) is 12.2. The molecule has 0 bridgehead atoms. The van der Waals surface area contributed by atoms with Gasteiger partial charge in [-0.1, -0.05) is 23.7 Å². The second-order valence-corrected chi connectivity index (χ2v) is 12.7. The van der Waals surface area contributed by atoms with E-state index in [0.717, 1.165) is 16.4 Å². The van der Waals surface area contributed by atoms with Gasteiger partial charge in [0.1, 0.15) is 5.52 Å². The zero-order valence-electron chi connectivity index (χ0n) is 20.6. The van der Waals surface area contributed by atoms with E-state index < -0.39 is 10.0 Å². The summed E-state index contributed by atoms with van der Waals surface area (Å²) in [5, 5.41) is 0. The topological polar surface area (TPSA) is 100 Å². The van der Waals surface area contributed by atoms with E-state index in [1.165, 1.54) is 13.7 Å². The second-order valence-electron chi connectivity index (χ2n) is 8.93. The molecule has 0 aliphatic carbocycles. The van der Waals surface area contributed by atoms with Crippen LogP contribution in [0.2, 0.25) is 4.34 Å². The minimum atomic E-state index is -3.63. The molecule has 37 heavy (non-hydrogen) atoms. The lowest BCUT2D eigenvalue weighted by Gasteiger charge is -2.33. The van der Waals surface area contributed by atoms with Gasteiger partial charge in [0.15, 0.2) is 0 Å². The van der Waals surface area contributed by atoms with E-state index in [4.69, 9.17) is 11.6 Å². The highest BCUT2D eigenvalue weighted by Crippen LogP contribution is 2.26. The number of nitrogens with zero attached hydrogens (tertiary/aromatic N) is 4. The van der Waals surface area contributed by atoms with Crippen LogP contribution in [0.25, 0.3) is 22.3 Å². The van der Waals surface area contributed by atoms with Crippen molar-refractivity contribution in [3.8, 4) is 11.3 Å². The van der Waals surface area contributed by atoms with Gasteiger partial charge >= 0.3 is 5.69 Å². The molecule has 0 saturated carbocycles. The summed E-state index contributed by atoms with van der Waals surface area (Å²) < 4.78 is 31.6. The third kappa shape index (κ3) is 4.82. The van der Waals surface area contributed by atoms with Crippen LogP contribution in [0.4, 0.5) is 0 Å². The number of aryl methyl sites for hydroxylation is 1. The molecule has 4 aromatic rings. The minimum absolute atomic E-state index is 0.227. The lowest BCUT2D eigenvalue weighted by atomic mass is 10.1. The Balaban J connectivity index is 1.35. The highest BCUT2D eigenvalue weighted by molar-refractivity contribution is 7.89. The summed E-state index contributed by atoms with van der Waals surface area (Å²) in [5.41, 5.74) is 1.57. The highest BCUT2D eigenvalue weighted by Gasteiger charge is 2.28. The number of aromatic nitrogens is 3. The average molecular weight is 562 g/mol. The number of sulfonamides is 1. The Morgan fingerprint density at radius 1 is 0.946 bits per heavy atom. The number of piperazine rings is 1. The number of thiophene rings is 1. The van der Waals surface area contributed by atoms with Crippen molar-refractivity contribution < 1.29 is 8.42 Å². The summed E-state index contributed by atoms with van der Waals surface area (Å²) in [6.45, 7) is 7.23. The van der Waals surface area contributed by atoms with Gasteiger partial charge in [0.05, 0.1) is 14.7 Å². The zero-order valence-corrected chi connectivity index (χ0v) is 23.0. The van der Waals surface area contributed by atoms with Crippen LogP contribution in [0.5, 0.6) is 0 Å². The van der Waals surface area contributed by atoms with E-state index in [9.17, 15) is 18.0 Å². The third-order valence-electron chi connectivity index (χ3n) is 6.78. The number of nitrogens with one attached hydrogen (secondary N) is 1. The Kier molecular flexibility index (Phi) is 7.16. The van der Waals surface area contributed by atoms with E-state index >= 15 is 0 Å². The van der Waals surface area contributed by atoms with E-state index in [0.29, 0.717) is 49.5 Å². The summed E-state index contributed by atoms with van der Waals surface area (Å²) in [6.07, 6.45) is 0. The summed E-state index contributed by atoms with van der Waals surface area (Å²) in [6, 6.07) is 12.3. The molecular weight excluding hydrogens is 534 g/mol. The van der Waals surface area contributed by atoms with Gasteiger partial charge in [-0.2, -0.15) is 4.31 Å². The Bertz CT molecular complexity index is 1660. The van der Waals surface area contributed by atoms with Crippen LogP contribution in [0.15, 0.2) is 56.9 Å². The summed E-state index contributed by atoms with van der Waals surface area (Å²) in [7, 11) is -3.63. The second kappa shape index (κ2) is 10.2. The number of fused-ring (bicyclic) bond motifs is 1. The first-order valence-corrected chi connectivity index (χ1v) is 14.8. The first kappa shape index (κ1) is 25.9. The van der Waals surface area contributed by atoms with Crippen molar-refractivity contribution >= 4 is 44.0 Å². The van der Waals surface area contributed by atoms with Gasteiger partial charge in [-0.15, -0.1) is 11.3 Å². The first-order chi connectivity index (χ1) is 17.7. The summed E-state index contributed by atoms with van der Waals surface area (Å²) in [5.74, 6) is 0. The molecular formula is C25H28ClN5O4S2. The van der Waals surface area contributed by atoms with Crippen LogP contribution in [0.3, 0.4) is 0 Å². The number of aromatic amines is 1. The predicted molar refractivity (Wildman–Crippen MR) is 147 cm³/mol. The smallest absolute Gasteiger partial charge is 0.331 e. The number of rotatable bonds is 7. The molecule has 1 fully saturated rings. The molecule has 1 aromatic carbocycles. The van der Waals surface area contributed by atoms with Crippen LogP contribution in [-0.2, 0) is 29.7 Å². The fourth-order valence-corrected chi connectivity index (χ4v) is 7.32. The fraction of sp³-hybridized carbons (Fsp3) is 0.360. The largest absolute Gasteiger partial charge is 0.349 e. The normalized spacial score (nSPS) is 15.5. The van der Waals surface area contributed by atoms with Crippen molar-refractivity contribution in [1.82, 2.24) is 23.3 Å².